The monoisotopic (exact) mass is 194 g/mol. The molecule has 0 saturated carbocycles. The normalized spacial score (nSPS) is 9.71. The molecule has 0 aromatic carbocycles. The van der Waals surface area contributed by atoms with E-state index < -0.39 is 11.2 Å². The third kappa shape index (κ3) is 2.29. The summed E-state index contributed by atoms with van der Waals surface area (Å²) in [7, 11) is 0. The molecule has 1 rings (SSSR count). The van der Waals surface area contributed by atoms with E-state index in [1.165, 1.54) is 0 Å². The number of carbonyl (C=O) groups is 1. The zero-order valence-corrected chi connectivity index (χ0v) is 7.50. The lowest BCUT2D eigenvalue weighted by Gasteiger charge is -1.95. The highest BCUT2D eigenvalue weighted by Gasteiger charge is 2.09. The molecule has 0 aliphatic rings. The quantitative estimate of drug-likeness (QED) is 0.531. The predicted octanol–water partition coefficient (Wildman–Crippen LogP) is 0.212. The van der Waals surface area contributed by atoms with Crippen LogP contribution in [0.5, 0.6) is 0 Å². The first-order valence-electron chi connectivity index (χ1n) is 4.11. The van der Waals surface area contributed by atoms with Crippen LogP contribution in [-0.4, -0.2) is 15.8 Å². The molecular weight excluding hydrogens is 184 g/mol. The molecule has 0 aliphatic heterocycles. The van der Waals surface area contributed by atoms with Gasteiger partial charge in [0.15, 0.2) is 5.78 Å². The molecule has 0 amide bonds. The van der Waals surface area contributed by atoms with Gasteiger partial charge < -0.3 is 4.98 Å². The molecule has 1 aromatic heterocycles. The molecule has 0 aliphatic carbocycles. The van der Waals surface area contributed by atoms with Crippen LogP contribution in [0.2, 0.25) is 0 Å². The van der Waals surface area contributed by atoms with Crippen LogP contribution in [-0.2, 0) is 0 Å². The Kier molecular flexibility index (Phi) is 3.17. The van der Waals surface area contributed by atoms with E-state index in [0.29, 0.717) is 6.42 Å². The maximum absolute atomic E-state index is 11.3. The van der Waals surface area contributed by atoms with Crippen molar-refractivity contribution < 1.29 is 4.79 Å². The van der Waals surface area contributed by atoms with Crippen LogP contribution in [0.15, 0.2) is 28.4 Å². The molecule has 5 nitrogen and oxygen atoms in total. The van der Waals surface area contributed by atoms with Crippen molar-refractivity contribution >= 4 is 5.78 Å². The van der Waals surface area contributed by atoms with Crippen molar-refractivity contribution in [1.29, 1.82) is 0 Å². The number of hydrogen-bond acceptors (Lipinski definition) is 3. The second-order valence-corrected chi connectivity index (χ2v) is 2.74. The third-order valence-electron chi connectivity index (χ3n) is 1.70. The minimum absolute atomic E-state index is 0.0218. The van der Waals surface area contributed by atoms with Crippen molar-refractivity contribution in [2.75, 3.05) is 0 Å². The van der Waals surface area contributed by atoms with Gasteiger partial charge in [0.1, 0.15) is 0 Å². The highest BCUT2D eigenvalue weighted by atomic mass is 16.2. The molecule has 5 heteroatoms. The van der Waals surface area contributed by atoms with Gasteiger partial charge in [-0.2, -0.15) is 0 Å². The maximum atomic E-state index is 11.3. The second-order valence-electron chi connectivity index (χ2n) is 2.74. The number of rotatable bonds is 4. The zero-order chi connectivity index (χ0) is 10.6. The molecule has 0 fully saturated rings. The van der Waals surface area contributed by atoms with Gasteiger partial charge in [-0.1, -0.05) is 6.08 Å². The Morgan fingerprint density at radius 1 is 1.50 bits per heavy atom. The van der Waals surface area contributed by atoms with Crippen LogP contribution in [0.3, 0.4) is 0 Å². The molecule has 0 atom stereocenters. The number of ketones is 1. The van der Waals surface area contributed by atoms with Crippen molar-refractivity contribution in [3.63, 3.8) is 0 Å². The second kappa shape index (κ2) is 4.36. The van der Waals surface area contributed by atoms with E-state index in [0.717, 1.165) is 6.20 Å². The summed E-state index contributed by atoms with van der Waals surface area (Å²) < 4.78 is 0. The first-order valence-corrected chi connectivity index (χ1v) is 4.11. The number of nitrogens with one attached hydrogen (secondary N) is 2. The largest absolute Gasteiger partial charge is 0.325 e. The summed E-state index contributed by atoms with van der Waals surface area (Å²) in [5.41, 5.74) is -1.29. The van der Waals surface area contributed by atoms with Gasteiger partial charge in [-0.05, 0) is 6.42 Å². The minimum Gasteiger partial charge on any atom is -0.313 e. The van der Waals surface area contributed by atoms with Crippen LogP contribution in [0.25, 0.3) is 0 Å². The van der Waals surface area contributed by atoms with Crippen LogP contribution in [0.4, 0.5) is 0 Å². The van der Waals surface area contributed by atoms with E-state index in [1.807, 2.05) is 4.98 Å². The summed E-state index contributed by atoms with van der Waals surface area (Å²) in [6.07, 6.45) is 3.46. The van der Waals surface area contributed by atoms with Gasteiger partial charge in [-0.25, -0.2) is 4.79 Å². The fourth-order valence-corrected chi connectivity index (χ4v) is 0.985. The van der Waals surface area contributed by atoms with Gasteiger partial charge in [-0.3, -0.25) is 14.6 Å². The summed E-state index contributed by atoms with van der Waals surface area (Å²) in [6, 6.07) is 0. The molecular formula is C9H10N2O3. The number of aromatic amines is 2. The molecule has 0 bridgehead atoms. The lowest BCUT2D eigenvalue weighted by atomic mass is 10.1. The number of carbonyl (C=O) groups excluding carboxylic acids is 1. The van der Waals surface area contributed by atoms with Gasteiger partial charge in [-0.15, -0.1) is 6.58 Å². The van der Waals surface area contributed by atoms with Gasteiger partial charge in [0, 0.05) is 12.6 Å². The molecule has 74 valence electrons. The van der Waals surface area contributed by atoms with Gasteiger partial charge in [0.2, 0.25) is 0 Å². The average Bonchev–Trinajstić information content (AvgIpc) is 2.14. The third-order valence-corrected chi connectivity index (χ3v) is 1.70. The fraction of sp³-hybridized carbons (Fsp3) is 0.222. The number of H-pyrrole nitrogens is 2. The van der Waals surface area contributed by atoms with Crippen LogP contribution >= 0.6 is 0 Å². The summed E-state index contributed by atoms with van der Waals surface area (Å²) in [4.78, 5) is 37.3. The molecule has 0 radical (unpaired) electrons. The SMILES string of the molecule is C=CCCC(=O)c1c[nH]c(=O)[nH]c1=O. The van der Waals surface area contributed by atoms with Gasteiger partial charge >= 0.3 is 5.69 Å². The molecule has 0 spiro atoms. The Morgan fingerprint density at radius 2 is 2.21 bits per heavy atom. The molecule has 14 heavy (non-hydrogen) atoms. The van der Waals surface area contributed by atoms with Gasteiger partial charge in [0.05, 0.1) is 5.56 Å². The van der Waals surface area contributed by atoms with Crippen molar-refractivity contribution in [3.8, 4) is 0 Å². The summed E-state index contributed by atoms with van der Waals surface area (Å²) in [6.45, 7) is 3.47. The number of aromatic nitrogens is 2. The zero-order valence-electron chi connectivity index (χ0n) is 7.50. The molecule has 0 saturated heterocycles. The number of Topliss-reactive ketones (excluding diaryl/α,β-unsaturated/α-hetero) is 1. The Morgan fingerprint density at radius 3 is 2.79 bits per heavy atom. The van der Waals surface area contributed by atoms with E-state index in [-0.39, 0.29) is 17.8 Å². The summed E-state index contributed by atoms with van der Waals surface area (Å²) in [5.74, 6) is -0.303. The highest BCUT2D eigenvalue weighted by molar-refractivity contribution is 5.95. The van der Waals surface area contributed by atoms with E-state index in [1.54, 1.807) is 6.08 Å². The van der Waals surface area contributed by atoms with Crippen LogP contribution in [0, 0.1) is 0 Å². The van der Waals surface area contributed by atoms with E-state index in [9.17, 15) is 14.4 Å². The Hall–Kier alpha value is -1.91. The molecule has 1 heterocycles. The standard InChI is InChI=1S/C9H10N2O3/c1-2-3-4-7(12)6-5-10-9(14)11-8(6)13/h2,5H,1,3-4H2,(H2,10,11,13,14). The fourth-order valence-electron chi connectivity index (χ4n) is 0.985. The number of hydrogen-bond donors (Lipinski definition) is 2. The first-order chi connectivity index (χ1) is 6.65. The van der Waals surface area contributed by atoms with Crippen molar-refractivity contribution in [2.24, 2.45) is 0 Å². The number of allylic oxidation sites excluding steroid dienone is 1. The Balaban J connectivity index is 2.96. The lowest BCUT2D eigenvalue weighted by Crippen LogP contribution is -2.26. The van der Waals surface area contributed by atoms with Gasteiger partial charge in [0.25, 0.3) is 5.56 Å². The van der Waals surface area contributed by atoms with Crippen LogP contribution < -0.4 is 11.2 Å². The first kappa shape index (κ1) is 10.2. The van der Waals surface area contributed by atoms with Crippen molar-refractivity contribution in [3.05, 3.63) is 45.3 Å². The average molecular weight is 194 g/mol. The molecule has 1 aromatic rings. The smallest absolute Gasteiger partial charge is 0.313 e. The van der Waals surface area contributed by atoms with Crippen LogP contribution in [0.1, 0.15) is 23.2 Å². The Bertz CT molecular complexity index is 456. The predicted molar refractivity (Wildman–Crippen MR) is 51.4 cm³/mol. The van der Waals surface area contributed by atoms with Crippen molar-refractivity contribution in [2.45, 2.75) is 12.8 Å². The van der Waals surface area contributed by atoms with Crippen molar-refractivity contribution in [1.82, 2.24) is 9.97 Å². The van der Waals surface area contributed by atoms with E-state index in [4.69, 9.17) is 0 Å². The summed E-state index contributed by atoms with van der Waals surface area (Å²) >= 11 is 0. The lowest BCUT2D eigenvalue weighted by molar-refractivity contribution is 0.0982. The summed E-state index contributed by atoms with van der Waals surface area (Å²) in [5, 5.41) is 0. The molecule has 0 unspecified atom stereocenters. The van der Waals surface area contributed by atoms with E-state index >= 15 is 0 Å². The Labute approximate surface area is 79.5 Å². The topological polar surface area (TPSA) is 82.8 Å². The maximum Gasteiger partial charge on any atom is 0.325 e. The van der Waals surface area contributed by atoms with E-state index in [2.05, 4.69) is 11.6 Å². The highest BCUT2D eigenvalue weighted by Crippen LogP contribution is 1.97. The minimum atomic E-state index is -0.650. The molecule has 2 N–H and O–H groups in total.